The van der Waals surface area contributed by atoms with Crippen molar-refractivity contribution in [3.05, 3.63) is 137 Å². The van der Waals surface area contributed by atoms with E-state index in [1.807, 2.05) is 11.8 Å². The highest BCUT2D eigenvalue weighted by Crippen LogP contribution is 2.51. The lowest BCUT2D eigenvalue weighted by Gasteiger charge is -2.35. The Balaban J connectivity index is 2.01. The fourth-order valence-electron chi connectivity index (χ4n) is 3.78. The number of thioether (sulfide) groups is 1. The Morgan fingerprint density at radius 2 is 1.00 bits per heavy atom. The molecule has 0 radical (unpaired) electrons. The maximum atomic E-state index is 2.28. The van der Waals surface area contributed by atoms with Gasteiger partial charge in [0, 0.05) is 4.90 Å². The fourth-order valence-corrected chi connectivity index (χ4v) is 5.29. The van der Waals surface area contributed by atoms with Gasteiger partial charge in [0.05, 0.1) is 4.75 Å². The third-order valence-corrected chi connectivity index (χ3v) is 6.86. The summed E-state index contributed by atoms with van der Waals surface area (Å²) in [5, 5.41) is 0. The van der Waals surface area contributed by atoms with Crippen molar-refractivity contribution in [2.45, 2.75) is 30.4 Å². The number of hydrogen-bond donors (Lipinski definition) is 0. The summed E-state index contributed by atoms with van der Waals surface area (Å²) in [6.07, 6.45) is 0. The van der Waals surface area contributed by atoms with E-state index in [9.17, 15) is 0 Å². The fraction of sp³-hybridized carbons (Fsp3) is 0.143. The molecule has 0 spiro atoms. The first kappa shape index (κ1) is 19.5. The molecule has 0 aliphatic carbocycles. The summed E-state index contributed by atoms with van der Waals surface area (Å²) in [5.41, 5.74) is 7.72. The smallest absolute Gasteiger partial charge is 0.0954 e. The van der Waals surface area contributed by atoms with Crippen molar-refractivity contribution in [1.29, 1.82) is 0 Å². The molecule has 4 aromatic carbocycles. The van der Waals surface area contributed by atoms with E-state index in [2.05, 4.69) is 124 Å². The van der Waals surface area contributed by atoms with Gasteiger partial charge in [0.15, 0.2) is 0 Å². The highest BCUT2D eigenvalue weighted by Gasteiger charge is 2.37. The van der Waals surface area contributed by atoms with Crippen LogP contribution in [0, 0.1) is 20.8 Å². The van der Waals surface area contributed by atoms with Crippen LogP contribution in [-0.2, 0) is 4.75 Å². The standard InChI is InChI=1S/C28H26S/c1-21-12-16-25(17-13-21)28(24-9-5-4-6-10-24,26-18-14-22(2)15-19-26)29-27-11-7-8-23(3)20-27/h4-20H,1-3H3. The van der Waals surface area contributed by atoms with Gasteiger partial charge in [0.2, 0.25) is 0 Å². The predicted octanol–water partition coefficient (Wildman–Crippen LogP) is 7.70. The number of hydrogen-bond acceptors (Lipinski definition) is 1. The van der Waals surface area contributed by atoms with Crippen molar-refractivity contribution in [3.63, 3.8) is 0 Å². The third kappa shape index (κ3) is 4.02. The van der Waals surface area contributed by atoms with Crippen LogP contribution >= 0.6 is 11.8 Å². The summed E-state index contributed by atoms with van der Waals surface area (Å²) < 4.78 is -0.323. The SMILES string of the molecule is Cc1ccc(C(Sc2cccc(C)c2)(c2ccccc2)c2ccc(C)cc2)cc1. The number of rotatable bonds is 5. The Morgan fingerprint density at radius 1 is 0.483 bits per heavy atom. The second-order valence-corrected chi connectivity index (χ2v) is 8.99. The van der Waals surface area contributed by atoms with Gasteiger partial charge in [-0.05, 0) is 49.6 Å². The molecule has 29 heavy (non-hydrogen) atoms. The summed E-state index contributed by atoms with van der Waals surface area (Å²) in [5.74, 6) is 0. The van der Waals surface area contributed by atoms with E-state index in [0.29, 0.717) is 0 Å². The van der Waals surface area contributed by atoms with Crippen LogP contribution in [-0.4, -0.2) is 0 Å². The van der Waals surface area contributed by atoms with Crippen LogP contribution in [0.3, 0.4) is 0 Å². The molecule has 144 valence electrons. The van der Waals surface area contributed by atoms with Gasteiger partial charge in [-0.15, -0.1) is 11.8 Å². The average molecular weight is 395 g/mol. The summed E-state index contributed by atoms with van der Waals surface area (Å²) in [4.78, 5) is 1.27. The lowest BCUT2D eigenvalue weighted by Crippen LogP contribution is -2.25. The van der Waals surface area contributed by atoms with Crippen LogP contribution < -0.4 is 0 Å². The monoisotopic (exact) mass is 394 g/mol. The first-order valence-corrected chi connectivity index (χ1v) is 10.8. The van der Waals surface area contributed by atoms with E-state index in [1.54, 1.807) is 0 Å². The van der Waals surface area contributed by atoms with Crippen LogP contribution in [0.1, 0.15) is 33.4 Å². The summed E-state index contributed by atoms with van der Waals surface area (Å²) in [6, 6.07) is 37.7. The van der Waals surface area contributed by atoms with Crippen molar-refractivity contribution in [2.24, 2.45) is 0 Å². The molecule has 0 unspecified atom stereocenters. The first-order valence-electron chi connectivity index (χ1n) is 10.0. The Hall–Kier alpha value is -2.77. The zero-order valence-electron chi connectivity index (χ0n) is 17.2. The number of aryl methyl sites for hydroxylation is 3. The zero-order valence-corrected chi connectivity index (χ0v) is 18.0. The molecule has 4 rings (SSSR count). The van der Waals surface area contributed by atoms with Crippen molar-refractivity contribution >= 4 is 11.8 Å². The molecule has 0 heterocycles. The second kappa shape index (κ2) is 8.31. The van der Waals surface area contributed by atoms with Crippen molar-refractivity contribution in [3.8, 4) is 0 Å². The third-order valence-electron chi connectivity index (χ3n) is 5.36. The van der Waals surface area contributed by atoms with E-state index >= 15 is 0 Å². The first-order chi connectivity index (χ1) is 14.1. The van der Waals surface area contributed by atoms with Crippen LogP contribution in [0.4, 0.5) is 0 Å². The minimum absolute atomic E-state index is 0.323. The average Bonchev–Trinajstić information content (AvgIpc) is 2.74. The summed E-state index contributed by atoms with van der Waals surface area (Å²) in [7, 11) is 0. The lowest BCUT2D eigenvalue weighted by molar-refractivity contribution is 0.892. The van der Waals surface area contributed by atoms with Gasteiger partial charge in [-0.3, -0.25) is 0 Å². The van der Waals surface area contributed by atoms with E-state index in [1.165, 1.54) is 38.3 Å². The van der Waals surface area contributed by atoms with Gasteiger partial charge in [-0.2, -0.15) is 0 Å². The van der Waals surface area contributed by atoms with Gasteiger partial charge >= 0.3 is 0 Å². The normalized spacial score (nSPS) is 11.4. The molecule has 0 aliphatic heterocycles. The molecule has 0 N–H and O–H groups in total. The van der Waals surface area contributed by atoms with Gasteiger partial charge in [-0.1, -0.05) is 108 Å². The molecule has 4 aromatic rings. The maximum Gasteiger partial charge on any atom is 0.0954 e. The molecule has 0 bridgehead atoms. The minimum atomic E-state index is -0.323. The topological polar surface area (TPSA) is 0 Å². The van der Waals surface area contributed by atoms with Crippen LogP contribution in [0.15, 0.2) is 108 Å². The Bertz CT molecular complexity index is 1030. The summed E-state index contributed by atoms with van der Waals surface area (Å²) >= 11 is 1.92. The highest BCUT2D eigenvalue weighted by molar-refractivity contribution is 8.00. The Labute approximate surface area is 178 Å². The molecule has 0 aliphatic rings. The molecule has 0 saturated heterocycles. The second-order valence-electron chi connectivity index (χ2n) is 7.70. The van der Waals surface area contributed by atoms with Crippen molar-refractivity contribution in [2.75, 3.05) is 0 Å². The van der Waals surface area contributed by atoms with E-state index in [4.69, 9.17) is 0 Å². The molecule has 0 aromatic heterocycles. The molecule has 0 saturated carbocycles. The van der Waals surface area contributed by atoms with Crippen LogP contribution in [0.5, 0.6) is 0 Å². The molecule has 0 atom stereocenters. The van der Waals surface area contributed by atoms with E-state index in [0.717, 1.165) is 0 Å². The number of benzene rings is 4. The van der Waals surface area contributed by atoms with Crippen LogP contribution in [0.2, 0.25) is 0 Å². The largest absolute Gasteiger partial charge is 0.105 e. The minimum Gasteiger partial charge on any atom is -0.105 e. The molecular weight excluding hydrogens is 368 g/mol. The van der Waals surface area contributed by atoms with Gasteiger partial charge in [0.25, 0.3) is 0 Å². The van der Waals surface area contributed by atoms with E-state index < -0.39 is 0 Å². The molecule has 0 fully saturated rings. The summed E-state index contributed by atoms with van der Waals surface area (Å²) in [6.45, 7) is 6.45. The molecule has 0 amide bonds. The molecular formula is C28H26S. The van der Waals surface area contributed by atoms with Crippen LogP contribution in [0.25, 0.3) is 0 Å². The van der Waals surface area contributed by atoms with Crippen molar-refractivity contribution < 1.29 is 0 Å². The maximum absolute atomic E-state index is 2.28. The predicted molar refractivity (Wildman–Crippen MR) is 126 cm³/mol. The lowest BCUT2D eigenvalue weighted by atomic mass is 9.83. The molecule has 1 heteroatoms. The van der Waals surface area contributed by atoms with Crippen molar-refractivity contribution in [1.82, 2.24) is 0 Å². The van der Waals surface area contributed by atoms with Gasteiger partial charge in [-0.25, -0.2) is 0 Å². The Kier molecular flexibility index (Phi) is 5.60. The molecule has 0 nitrogen and oxygen atoms in total. The van der Waals surface area contributed by atoms with Gasteiger partial charge in [0.1, 0.15) is 0 Å². The van der Waals surface area contributed by atoms with E-state index in [-0.39, 0.29) is 4.75 Å². The zero-order chi connectivity index (χ0) is 20.3. The highest BCUT2D eigenvalue weighted by atomic mass is 32.2. The van der Waals surface area contributed by atoms with Gasteiger partial charge < -0.3 is 0 Å². The Morgan fingerprint density at radius 3 is 1.52 bits per heavy atom. The quantitative estimate of drug-likeness (QED) is 0.247.